The summed E-state index contributed by atoms with van der Waals surface area (Å²) in [6.07, 6.45) is 2.44. The van der Waals surface area contributed by atoms with Gasteiger partial charge in [-0.15, -0.1) is 0 Å². The van der Waals surface area contributed by atoms with Crippen LogP contribution in [0.2, 0.25) is 0 Å². The molecule has 0 aromatic heterocycles. The number of carbonyl (C=O) groups excluding carboxylic acids is 1. The highest BCUT2D eigenvalue weighted by molar-refractivity contribution is 6.27. The standard InChI is InChI=1S/C20H12O7/c21-12-4-1-8-9-3-6-14(23)18-16(9)11(7-20(26,27-18)19(24)25)10-2-5-13(22)17(12)15(8)10/h1-6,21,23,26H,7H2,(H,24,25)/t20-/m1/s1. The van der Waals surface area contributed by atoms with Gasteiger partial charge in [-0.2, -0.15) is 0 Å². The van der Waals surface area contributed by atoms with Crippen LogP contribution in [0.4, 0.5) is 0 Å². The van der Waals surface area contributed by atoms with Gasteiger partial charge in [-0.05, 0) is 46.2 Å². The predicted octanol–water partition coefficient (Wildman–Crippen LogP) is 2.32. The van der Waals surface area contributed by atoms with Gasteiger partial charge in [-0.1, -0.05) is 12.1 Å². The molecule has 5 rings (SSSR count). The van der Waals surface area contributed by atoms with Gasteiger partial charge in [0.05, 0.1) is 12.0 Å². The summed E-state index contributed by atoms with van der Waals surface area (Å²) in [6, 6.07) is 6.05. The molecule has 0 bridgehead atoms. The zero-order chi connectivity index (χ0) is 19.1. The molecule has 3 aromatic rings. The summed E-state index contributed by atoms with van der Waals surface area (Å²) in [4.78, 5) is 23.9. The number of aromatic hydroxyl groups is 2. The number of benzene rings is 3. The van der Waals surface area contributed by atoms with Crippen LogP contribution in [-0.4, -0.2) is 38.0 Å². The van der Waals surface area contributed by atoms with Gasteiger partial charge in [0.1, 0.15) is 5.75 Å². The highest BCUT2D eigenvalue weighted by Gasteiger charge is 2.45. The Hall–Kier alpha value is -3.58. The lowest BCUT2D eigenvalue weighted by atomic mass is 9.81. The van der Waals surface area contributed by atoms with Crippen molar-refractivity contribution in [2.24, 2.45) is 0 Å². The van der Waals surface area contributed by atoms with Crippen LogP contribution in [0, 0.1) is 0 Å². The molecule has 3 aromatic carbocycles. The fourth-order valence-corrected chi connectivity index (χ4v) is 4.00. The maximum absolute atomic E-state index is 12.3. The molecule has 0 fully saturated rings. The first-order chi connectivity index (χ1) is 12.8. The number of aliphatic hydroxyl groups is 1. The van der Waals surface area contributed by atoms with E-state index in [1.165, 1.54) is 24.3 Å². The van der Waals surface area contributed by atoms with Crippen molar-refractivity contribution in [3.63, 3.8) is 0 Å². The second-order valence-electron chi connectivity index (χ2n) is 6.68. The van der Waals surface area contributed by atoms with Crippen molar-refractivity contribution in [3.8, 4) is 17.2 Å². The maximum atomic E-state index is 12.3. The molecular weight excluding hydrogens is 352 g/mol. The van der Waals surface area contributed by atoms with E-state index in [0.717, 1.165) is 0 Å². The number of ketones is 1. The van der Waals surface area contributed by atoms with Crippen molar-refractivity contribution in [3.05, 3.63) is 47.0 Å². The van der Waals surface area contributed by atoms with Gasteiger partial charge in [0.2, 0.25) is 0 Å². The molecule has 27 heavy (non-hydrogen) atoms. The minimum absolute atomic E-state index is 0.128. The summed E-state index contributed by atoms with van der Waals surface area (Å²) in [6.45, 7) is 0. The fourth-order valence-electron chi connectivity index (χ4n) is 4.00. The summed E-state index contributed by atoms with van der Waals surface area (Å²) < 4.78 is 5.29. The van der Waals surface area contributed by atoms with E-state index < -0.39 is 11.8 Å². The van der Waals surface area contributed by atoms with Gasteiger partial charge in [-0.25, -0.2) is 4.79 Å². The molecule has 0 saturated carbocycles. The number of carbonyl (C=O) groups is 2. The van der Waals surface area contributed by atoms with Gasteiger partial charge in [0.15, 0.2) is 17.3 Å². The van der Waals surface area contributed by atoms with Crippen LogP contribution in [0.1, 0.15) is 21.5 Å². The van der Waals surface area contributed by atoms with Crippen molar-refractivity contribution in [1.82, 2.24) is 0 Å². The topological polar surface area (TPSA) is 124 Å². The summed E-state index contributed by atoms with van der Waals surface area (Å²) in [5, 5.41) is 42.6. The van der Waals surface area contributed by atoms with E-state index in [1.54, 1.807) is 12.1 Å². The number of fused-ring (bicyclic) bond motifs is 2. The number of carboxylic acid groups (broad SMARTS) is 1. The molecule has 0 saturated heterocycles. The van der Waals surface area contributed by atoms with Crippen LogP contribution in [-0.2, 0) is 11.2 Å². The van der Waals surface area contributed by atoms with Gasteiger partial charge in [0, 0.05) is 10.8 Å². The van der Waals surface area contributed by atoms with E-state index >= 15 is 0 Å². The lowest BCUT2D eigenvalue weighted by Crippen LogP contribution is -2.48. The quantitative estimate of drug-likeness (QED) is 0.489. The number of phenolic OH excluding ortho intramolecular Hbond substituents is 2. The fraction of sp³-hybridized carbons (Fsp3) is 0.100. The molecule has 2 aliphatic rings. The summed E-state index contributed by atoms with van der Waals surface area (Å²) in [7, 11) is 0. The number of rotatable bonds is 1. The van der Waals surface area contributed by atoms with E-state index in [1.807, 2.05) is 0 Å². The van der Waals surface area contributed by atoms with E-state index in [0.29, 0.717) is 32.7 Å². The molecular formula is C20H12O7. The molecule has 1 aliphatic heterocycles. The third kappa shape index (κ3) is 1.83. The number of carboxylic acids is 1. The Balaban J connectivity index is 2.05. The zero-order valence-electron chi connectivity index (χ0n) is 13.7. The minimum atomic E-state index is -2.56. The third-order valence-corrected chi connectivity index (χ3v) is 5.18. The highest BCUT2D eigenvalue weighted by Crippen LogP contribution is 2.50. The van der Waals surface area contributed by atoms with E-state index in [9.17, 15) is 30.0 Å². The smallest absolute Gasteiger partial charge is 0.377 e. The van der Waals surface area contributed by atoms with Crippen molar-refractivity contribution in [2.75, 3.05) is 0 Å². The van der Waals surface area contributed by atoms with Crippen molar-refractivity contribution >= 4 is 39.4 Å². The summed E-state index contributed by atoms with van der Waals surface area (Å²) >= 11 is 0. The molecule has 0 radical (unpaired) electrons. The lowest BCUT2D eigenvalue weighted by molar-refractivity contribution is -0.194. The molecule has 134 valence electrons. The largest absolute Gasteiger partial charge is 0.507 e. The Bertz CT molecular complexity index is 1250. The predicted molar refractivity (Wildman–Crippen MR) is 95.1 cm³/mol. The summed E-state index contributed by atoms with van der Waals surface area (Å²) in [5.74, 6) is -5.12. The number of hydrogen-bond donors (Lipinski definition) is 4. The van der Waals surface area contributed by atoms with E-state index in [2.05, 4.69) is 0 Å². The molecule has 0 unspecified atom stereocenters. The highest BCUT2D eigenvalue weighted by atomic mass is 16.7. The normalized spacial score (nSPS) is 20.1. The molecule has 4 N–H and O–H groups in total. The Morgan fingerprint density at radius 3 is 2.37 bits per heavy atom. The first-order valence-corrected chi connectivity index (χ1v) is 8.15. The third-order valence-electron chi connectivity index (χ3n) is 5.18. The molecule has 1 atom stereocenters. The average molecular weight is 364 g/mol. The minimum Gasteiger partial charge on any atom is -0.507 e. The van der Waals surface area contributed by atoms with Crippen molar-refractivity contribution in [1.29, 1.82) is 0 Å². The van der Waals surface area contributed by atoms with E-state index in [-0.39, 0.29) is 35.0 Å². The lowest BCUT2D eigenvalue weighted by Gasteiger charge is -2.33. The van der Waals surface area contributed by atoms with Crippen molar-refractivity contribution in [2.45, 2.75) is 12.2 Å². The van der Waals surface area contributed by atoms with Crippen LogP contribution in [0.5, 0.6) is 17.2 Å². The molecule has 7 nitrogen and oxygen atoms in total. The number of phenols is 2. The molecule has 0 amide bonds. The second kappa shape index (κ2) is 4.77. The maximum Gasteiger partial charge on any atom is 0.377 e. The SMILES string of the molecule is O=C1C=Cc2c3c4c(c(O)ccc4c4ccc(O)c1c24)O[C@@](O)(C(=O)O)C3. The monoisotopic (exact) mass is 364 g/mol. The molecule has 7 heteroatoms. The Labute approximate surface area is 151 Å². The van der Waals surface area contributed by atoms with Crippen molar-refractivity contribution < 1.29 is 34.8 Å². The zero-order valence-corrected chi connectivity index (χ0v) is 13.7. The molecule has 1 heterocycles. The first kappa shape index (κ1) is 15.7. The summed E-state index contributed by atoms with van der Waals surface area (Å²) in [5.41, 5.74) is 1.07. The number of ether oxygens (including phenoxy) is 1. The van der Waals surface area contributed by atoms with E-state index in [4.69, 9.17) is 4.74 Å². The van der Waals surface area contributed by atoms with Gasteiger partial charge in [0.25, 0.3) is 0 Å². The number of hydrogen-bond acceptors (Lipinski definition) is 6. The second-order valence-corrected chi connectivity index (χ2v) is 6.68. The number of aliphatic carboxylic acids is 1. The molecule has 1 aliphatic carbocycles. The Morgan fingerprint density at radius 2 is 1.67 bits per heavy atom. The average Bonchev–Trinajstić information content (AvgIpc) is 2.63. The Kier molecular flexibility index (Phi) is 2.77. The van der Waals surface area contributed by atoms with Gasteiger partial charge in [-0.3, -0.25) is 4.79 Å². The van der Waals surface area contributed by atoms with Crippen LogP contribution < -0.4 is 4.74 Å². The van der Waals surface area contributed by atoms with Gasteiger partial charge >= 0.3 is 11.8 Å². The Morgan fingerprint density at radius 1 is 1.00 bits per heavy atom. The van der Waals surface area contributed by atoms with Crippen LogP contribution >= 0.6 is 0 Å². The first-order valence-electron chi connectivity index (χ1n) is 8.15. The van der Waals surface area contributed by atoms with Gasteiger partial charge < -0.3 is 25.2 Å². The van der Waals surface area contributed by atoms with Crippen LogP contribution in [0.25, 0.3) is 27.6 Å². The molecule has 0 spiro atoms. The van der Waals surface area contributed by atoms with Crippen LogP contribution in [0.15, 0.2) is 30.3 Å². The van der Waals surface area contributed by atoms with Crippen LogP contribution in [0.3, 0.4) is 0 Å². The number of allylic oxidation sites excluding steroid dienone is 1.